The summed E-state index contributed by atoms with van der Waals surface area (Å²) in [5, 5.41) is 14.8. The largest absolute Gasteiger partial charge is 0.340 e. The lowest BCUT2D eigenvalue weighted by molar-refractivity contribution is 0.230. The van der Waals surface area contributed by atoms with Crippen molar-refractivity contribution in [3.8, 4) is 28.1 Å². The van der Waals surface area contributed by atoms with Crippen molar-refractivity contribution >= 4 is 23.3 Å². The highest BCUT2D eigenvalue weighted by molar-refractivity contribution is 6.31. The number of halogens is 1. The molecule has 0 spiro atoms. The summed E-state index contributed by atoms with van der Waals surface area (Å²) in [5.74, 6) is 0.723. The Labute approximate surface area is 228 Å². The van der Waals surface area contributed by atoms with Gasteiger partial charge in [-0.05, 0) is 70.8 Å². The molecule has 39 heavy (non-hydrogen) atoms. The lowest BCUT2D eigenvalue weighted by atomic mass is 10.0. The monoisotopic (exact) mass is 541 g/mol. The quantitative estimate of drug-likeness (QED) is 0.344. The van der Waals surface area contributed by atoms with Crippen LogP contribution < -0.4 is 10.9 Å². The number of pyridine rings is 1. The van der Waals surface area contributed by atoms with Crippen molar-refractivity contribution in [3.05, 3.63) is 94.0 Å². The smallest absolute Gasteiger partial charge is 0.321 e. The van der Waals surface area contributed by atoms with Gasteiger partial charge in [-0.2, -0.15) is 4.68 Å². The molecule has 1 aliphatic heterocycles. The van der Waals surface area contributed by atoms with Crippen molar-refractivity contribution < 1.29 is 4.79 Å². The average Bonchev–Trinajstić information content (AvgIpc) is 3.70. The number of nitrogens with one attached hydrogen (secondary N) is 2. The summed E-state index contributed by atoms with van der Waals surface area (Å²) in [6, 6.07) is 16.2. The second-order valence-corrected chi connectivity index (χ2v) is 9.93. The van der Waals surface area contributed by atoms with E-state index >= 15 is 0 Å². The van der Waals surface area contributed by atoms with Gasteiger partial charge in [0.2, 0.25) is 0 Å². The number of hydrogen-bond donors (Lipinski definition) is 2. The highest BCUT2D eigenvalue weighted by Crippen LogP contribution is 2.34. The number of tetrazole rings is 1. The van der Waals surface area contributed by atoms with Crippen molar-refractivity contribution in [1.82, 2.24) is 39.6 Å². The molecular weight excluding hydrogens is 518 g/mol. The van der Waals surface area contributed by atoms with Gasteiger partial charge in [-0.1, -0.05) is 23.7 Å². The number of urea groups is 1. The van der Waals surface area contributed by atoms with Gasteiger partial charge in [0.1, 0.15) is 12.2 Å². The second kappa shape index (κ2) is 9.84. The minimum Gasteiger partial charge on any atom is -0.340 e. The van der Waals surface area contributed by atoms with Gasteiger partial charge >= 0.3 is 6.03 Å². The van der Waals surface area contributed by atoms with Crippen LogP contribution in [0.15, 0.2) is 71.9 Å². The van der Waals surface area contributed by atoms with E-state index in [9.17, 15) is 9.59 Å². The summed E-state index contributed by atoms with van der Waals surface area (Å²) in [6.45, 7) is 0. The van der Waals surface area contributed by atoms with E-state index in [4.69, 9.17) is 11.6 Å². The summed E-state index contributed by atoms with van der Waals surface area (Å²) >= 11 is 6.31. The van der Waals surface area contributed by atoms with Crippen LogP contribution in [0.2, 0.25) is 5.02 Å². The van der Waals surface area contributed by atoms with Gasteiger partial charge in [-0.25, -0.2) is 9.78 Å². The molecule has 1 aliphatic rings. The number of benzene rings is 2. The van der Waals surface area contributed by atoms with E-state index in [1.807, 2.05) is 42.5 Å². The molecule has 3 aromatic heterocycles. The molecule has 11 nitrogen and oxygen atoms in total. The van der Waals surface area contributed by atoms with Crippen LogP contribution in [0.4, 0.5) is 10.5 Å². The molecule has 2 amide bonds. The van der Waals surface area contributed by atoms with Crippen LogP contribution in [0.5, 0.6) is 0 Å². The molecule has 0 bridgehead atoms. The summed E-state index contributed by atoms with van der Waals surface area (Å²) in [7, 11) is 3.38. The van der Waals surface area contributed by atoms with Gasteiger partial charge in [0.15, 0.2) is 0 Å². The molecule has 2 N–H and O–H groups in total. The highest BCUT2D eigenvalue weighted by Gasteiger charge is 2.28. The Hall–Kier alpha value is -4.77. The maximum absolute atomic E-state index is 13.4. The van der Waals surface area contributed by atoms with Crippen LogP contribution in [0.1, 0.15) is 24.0 Å². The number of rotatable bonds is 5. The molecule has 12 heteroatoms. The van der Waals surface area contributed by atoms with E-state index in [0.717, 1.165) is 52.4 Å². The van der Waals surface area contributed by atoms with Crippen molar-refractivity contribution in [2.24, 2.45) is 0 Å². The minimum atomic E-state index is -0.202. The maximum Gasteiger partial charge on any atom is 0.321 e. The number of aromatic nitrogens is 7. The van der Waals surface area contributed by atoms with E-state index < -0.39 is 0 Å². The number of aromatic amines is 1. The zero-order valence-electron chi connectivity index (χ0n) is 21.2. The first-order chi connectivity index (χ1) is 18.9. The van der Waals surface area contributed by atoms with Gasteiger partial charge in [0.05, 0.1) is 23.6 Å². The molecule has 0 radical (unpaired) electrons. The third-order valence-electron chi connectivity index (χ3n) is 6.76. The minimum absolute atomic E-state index is 0.119. The molecule has 0 saturated carbocycles. The summed E-state index contributed by atoms with van der Waals surface area (Å²) in [4.78, 5) is 34.8. The van der Waals surface area contributed by atoms with E-state index in [0.29, 0.717) is 10.7 Å². The number of carbonyl (C=O) groups is 1. The second-order valence-electron chi connectivity index (χ2n) is 9.50. The molecule has 1 atom stereocenters. The van der Waals surface area contributed by atoms with Crippen molar-refractivity contribution in [1.29, 1.82) is 0 Å². The van der Waals surface area contributed by atoms with Crippen LogP contribution >= 0.6 is 11.6 Å². The number of imidazole rings is 1. The first kappa shape index (κ1) is 24.6. The highest BCUT2D eigenvalue weighted by atomic mass is 35.5. The first-order valence-electron chi connectivity index (χ1n) is 12.3. The molecule has 0 fully saturated rings. The third-order valence-corrected chi connectivity index (χ3v) is 7.00. The summed E-state index contributed by atoms with van der Waals surface area (Å²) in [6.07, 6.45) is 4.75. The van der Waals surface area contributed by atoms with Gasteiger partial charge < -0.3 is 19.8 Å². The normalized spacial score (nSPS) is 14.3. The standard InChI is InChI=1S/C27H24ClN9O2/c1-35(2)27(39)31-19-6-3-16(4-7-19)22-14-29-26(32-22)24-10-8-20-11-17(12-25(38)37(20)24)21-13-18(28)5-9-23(21)36-15-30-33-34-36/h3-7,9,11-15,24H,8,10H2,1-2H3,(H,29,32)(H,31,39). The van der Waals surface area contributed by atoms with Crippen LogP contribution in [0.25, 0.3) is 28.1 Å². The number of anilines is 1. The van der Waals surface area contributed by atoms with Gasteiger partial charge in [-0.3, -0.25) is 4.79 Å². The Balaban J connectivity index is 1.29. The Morgan fingerprint density at radius 2 is 1.92 bits per heavy atom. The van der Waals surface area contributed by atoms with Crippen molar-refractivity contribution in [3.63, 3.8) is 0 Å². The zero-order chi connectivity index (χ0) is 27.1. The average molecular weight is 542 g/mol. The van der Waals surface area contributed by atoms with Gasteiger partial charge in [-0.15, -0.1) is 5.10 Å². The molecule has 2 aromatic carbocycles. The molecule has 0 aliphatic carbocycles. The van der Waals surface area contributed by atoms with E-state index in [2.05, 4.69) is 30.8 Å². The van der Waals surface area contributed by atoms with Crippen molar-refractivity contribution in [2.75, 3.05) is 19.4 Å². The predicted octanol–water partition coefficient (Wildman–Crippen LogP) is 4.16. The Morgan fingerprint density at radius 3 is 2.67 bits per heavy atom. The number of aryl methyl sites for hydroxylation is 1. The van der Waals surface area contributed by atoms with E-state index in [-0.39, 0.29) is 17.6 Å². The van der Waals surface area contributed by atoms with Gasteiger partial charge in [0, 0.05) is 42.1 Å². The lowest BCUT2D eigenvalue weighted by Crippen LogP contribution is -2.27. The number of fused-ring (bicyclic) bond motifs is 1. The molecule has 1 unspecified atom stereocenters. The number of H-pyrrole nitrogens is 1. The van der Waals surface area contributed by atoms with Crippen LogP contribution in [0.3, 0.4) is 0 Å². The van der Waals surface area contributed by atoms with Gasteiger partial charge in [0.25, 0.3) is 5.56 Å². The fourth-order valence-corrected chi connectivity index (χ4v) is 5.01. The van der Waals surface area contributed by atoms with E-state index in [1.165, 1.54) is 11.2 Å². The Kier molecular flexibility index (Phi) is 6.20. The third kappa shape index (κ3) is 4.68. The molecule has 4 heterocycles. The molecule has 5 aromatic rings. The number of nitrogens with zero attached hydrogens (tertiary/aromatic N) is 7. The fraction of sp³-hybridized carbons (Fsp3) is 0.185. The van der Waals surface area contributed by atoms with Crippen molar-refractivity contribution in [2.45, 2.75) is 18.9 Å². The Morgan fingerprint density at radius 1 is 1.10 bits per heavy atom. The fourth-order valence-electron chi connectivity index (χ4n) is 4.84. The first-order valence-corrected chi connectivity index (χ1v) is 12.7. The van der Waals surface area contributed by atoms with E-state index in [1.54, 1.807) is 41.7 Å². The number of hydrogen-bond acceptors (Lipinski definition) is 6. The molecule has 196 valence electrons. The summed E-state index contributed by atoms with van der Waals surface area (Å²) < 4.78 is 3.35. The number of amides is 2. The molecule has 6 rings (SSSR count). The number of carbonyl (C=O) groups excluding carboxylic acids is 1. The zero-order valence-corrected chi connectivity index (χ0v) is 21.9. The maximum atomic E-state index is 13.4. The summed E-state index contributed by atoms with van der Waals surface area (Å²) in [5.41, 5.74) is 5.51. The molecular formula is C27H24ClN9O2. The van der Waals surface area contributed by atoms with Crippen LogP contribution in [0, 0.1) is 0 Å². The van der Waals surface area contributed by atoms with Crippen LogP contribution in [-0.4, -0.2) is 59.8 Å². The van der Waals surface area contributed by atoms with Crippen LogP contribution in [-0.2, 0) is 6.42 Å². The lowest BCUT2D eigenvalue weighted by Gasteiger charge is -2.15. The SMILES string of the molecule is CN(C)C(=O)Nc1ccc(-c2cnc(C3CCc4cc(-c5cc(Cl)ccc5-n5cnnn5)cc(=O)n43)[nH]2)cc1. The Bertz CT molecular complexity index is 1720. The predicted molar refractivity (Wildman–Crippen MR) is 147 cm³/mol. The topological polar surface area (TPSA) is 127 Å². The molecule has 0 saturated heterocycles.